The Morgan fingerprint density at radius 2 is 1.60 bits per heavy atom. The normalized spacial score (nSPS) is 15.2. The van der Waals surface area contributed by atoms with Crippen molar-refractivity contribution in [3.8, 4) is 11.3 Å². The molecule has 0 bridgehead atoms. The fourth-order valence-corrected chi connectivity index (χ4v) is 5.36. The molecule has 1 amide bonds. The van der Waals surface area contributed by atoms with Crippen molar-refractivity contribution < 1.29 is 9.53 Å². The number of hydrogen-bond acceptors (Lipinski definition) is 2. The summed E-state index contributed by atoms with van der Waals surface area (Å²) < 4.78 is 8.11. The van der Waals surface area contributed by atoms with E-state index in [1.807, 2.05) is 18.2 Å². The standard InChI is InChI=1S/C31H34N2O2/c1-4-5-20-35-21-10-19-33-30(24-11-6-7-12-25(24)31(33)34)28-26-13-8-9-14-27(26)32(3)29(28)23-17-15-22(2)16-18-23/h6-9,11-18,30H,4-5,10,19-21H2,1-3H3/t30-/m1/s1. The summed E-state index contributed by atoms with van der Waals surface area (Å²) in [7, 11) is 2.13. The number of amides is 1. The van der Waals surface area contributed by atoms with Crippen LogP contribution in [-0.2, 0) is 11.8 Å². The topological polar surface area (TPSA) is 34.5 Å². The van der Waals surface area contributed by atoms with Crippen LogP contribution in [0.5, 0.6) is 0 Å². The zero-order valence-corrected chi connectivity index (χ0v) is 21.0. The summed E-state index contributed by atoms with van der Waals surface area (Å²) in [6.07, 6.45) is 3.03. The predicted octanol–water partition coefficient (Wildman–Crippen LogP) is 6.91. The van der Waals surface area contributed by atoms with Crippen LogP contribution >= 0.6 is 0 Å². The van der Waals surface area contributed by atoms with Gasteiger partial charge in [0, 0.05) is 48.8 Å². The van der Waals surface area contributed by atoms with Crippen LogP contribution < -0.4 is 0 Å². The number of aromatic nitrogens is 1. The van der Waals surface area contributed by atoms with Gasteiger partial charge in [0.05, 0.1) is 11.7 Å². The van der Waals surface area contributed by atoms with Crippen LogP contribution in [0, 0.1) is 6.92 Å². The number of benzene rings is 3. The van der Waals surface area contributed by atoms with E-state index >= 15 is 0 Å². The maximum atomic E-state index is 13.7. The molecular formula is C31H34N2O2. The molecule has 4 heteroatoms. The third-order valence-corrected chi connectivity index (χ3v) is 7.13. The van der Waals surface area contributed by atoms with E-state index in [1.54, 1.807) is 0 Å². The monoisotopic (exact) mass is 466 g/mol. The summed E-state index contributed by atoms with van der Waals surface area (Å²) in [5.74, 6) is 0.113. The van der Waals surface area contributed by atoms with Crippen LogP contribution in [0.2, 0.25) is 0 Å². The largest absolute Gasteiger partial charge is 0.381 e. The summed E-state index contributed by atoms with van der Waals surface area (Å²) in [5.41, 5.74) is 7.87. The summed E-state index contributed by atoms with van der Waals surface area (Å²) in [6, 6.07) is 25.2. The van der Waals surface area contributed by atoms with E-state index in [1.165, 1.54) is 33.3 Å². The van der Waals surface area contributed by atoms with E-state index in [-0.39, 0.29) is 11.9 Å². The first-order valence-corrected chi connectivity index (χ1v) is 12.7. The van der Waals surface area contributed by atoms with Crippen molar-refractivity contribution in [3.63, 3.8) is 0 Å². The van der Waals surface area contributed by atoms with Crippen molar-refractivity contribution in [2.75, 3.05) is 19.8 Å². The minimum absolute atomic E-state index is 0.113. The Hall–Kier alpha value is -3.37. The molecule has 4 nitrogen and oxygen atoms in total. The highest BCUT2D eigenvalue weighted by Gasteiger charge is 2.40. The maximum absolute atomic E-state index is 13.7. The second kappa shape index (κ2) is 10.1. The molecule has 5 rings (SSSR count). The third kappa shape index (κ3) is 4.28. The van der Waals surface area contributed by atoms with Gasteiger partial charge in [0.2, 0.25) is 0 Å². The highest BCUT2D eigenvalue weighted by atomic mass is 16.5. The molecule has 35 heavy (non-hydrogen) atoms. The fourth-order valence-electron chi connectivity index (χ4n) is 5.36. The molecular weight excluding hydrogens is 432 g/mol. The molecule has 0 spiro atoms. The molecule has 1 aliphatic rings. The van der Waals surface area contributed by atoms with Gasteiger partial charge in [-0.2, -0.15) is 0 Å². The number of aryl methyl sites for hydroxylation is 2. The summed E-state index contributed by atoms with van der Waals surface area (Å²) in [6.45, 7) is 6.41. The second-order valence-electron chi connectivity index (χ2n) is 9.51. The highest BCUT2D eigenvalue weighted by molar-refractivity contribution is 6.02. The summed E-state index contributed by atoms with van der Waals surface area (Å²) >= 11 is 0. The Morgan fingerprint density at radius 1 is 0.886 bits per heavy atom. The number of fused-ring (bicyclic) bond motifs is 2. The average Bonchev–Trinajstić information content (AvgIpc) is 3.33. The fraction of sp³-hybridized carbons (Fsp3) is 0.323. The molecule has 0 fully saturated rings. The Kier molecular flexibility index (Phi) is 6.74. The number of rotatable bonds is 9. The molecule has 1 aliphatic heterocycles. The molecule has 0 aliphatic carbocycles. The molecule has 1 aromatic heterocycles. The van der Waals surface area contributed by atoms with E-state index in [4.69, 9.17) is 4.74 Å². The molecule has 2 heterocycles. The van der Waals surface area contributed by atoms with Crippen LogP contribution in [0.4, 0.5) is 0 Å². The Morgan fingerprint density at radius 3 is 2.40 bits per heavy atom. The molecule has 0 radical (unpaired) electrons. The lowest BCUT2D eigenvalue weighted by Gasteiger charge is -2.27. The van der Waals surface area contributed by atoms with Gasteiger partial charge in [0.25, 0.3) is 5.91 Å². The predicted molar refractivity (Wildman–Crippen MR) is 143 cm³/mol. The van der Waals surface area contributed by atoms with E-state index < -0.39 is 0 Å². The number of carbonyl (C=O) groups is 1. The lowest BCUT2D eigenvalue weighted by molar-refractivity contribution is 0.0709. The van der Waals surface area contributed by atoms with Gasteiger partial charge < -0.3 is 14.2 Å². The van der Waals surface area contributed by atoms with Gasteiger partial charge in [-0.1, -0.05) is 79.6 Å². The summed E-state index contributed by atoms with van der Waals surface area (Å²) in [5, 5.41) is 1.20. The SMILES string of the molecule is CCCCOCCCN1C(=O)c2ccccc2[C@@H]1c1c(-c2ccc(C)cc2)n(C)c2ccccc12. The number of nitrogens with zero attached hydrogens (tertiary/aromatic N) is 2. The Labute approximate surface area is 208 Å². The molecule has 0 saturated heterocycles. The minimum atomic E-state index is -0.128. The van der Waals surface area contributed by atoms with Gasteiger partial charge in [-0.3, -0.25) is 4.79 Å². The first-order chi connectivity index (χ1) is 17.1. The lowest BCUT2D eigenvalue weighted by atomic mass is 9.93. The molecule has 180 valence electrons. The lowest BCUT2D eigenvalue weighted by Crippen LogP contribution is -2.30. The van der Waals surface area contributed by atoms with Gasteiger partial charge in [-0.25, -0.2) is 0 Å². The molecule has 0 N–H and O–H groups in total. The summed E-state index contributed by atoms with van der Waals surface area (Å²) in [4.78, 5) is 15.7. The molecule has 4 aromatic rings. The van der Waals surface area contributed by atoms with Crippen molar-refractivity contribution in [2.24, 2.45) is 7.05 Å². The number of hydrogen-bond donors (Lipinski definition) is 0. The number of carbonyl (C=O) groups excluding carboxylic acids is 1. The van der Waals surface area contributed by atoms with Crippen LogP contribution in [0.3, 0.4) is 0 Å². The maximum Gasteiger partial charge on any atom is 0.255 e. The van der Waals surface area contributed by atoms with Crippen LogP contribution in [0.1, 0.15) is 59.3 Å². The minimum Gasteiger partial charge on any atom is -0.381 e. The first-order valence-electron chi connectivity index (χ1n) is 12.7. The van der Waals surface area contributed by atoms with E-state index in [0.717, 1.165) is 37.0 Å². The van der Waals surface area contributed by atoms with Gasteiger partial charge in [-0.15, -0.1) is 0 Å². The van der Waals surface area contributed by atoms with Crippen molar-refractivity contribution >= 4 is 16.8 Å². The number of ether oxygens (including phenoxy) is 1. The Balaban J connectivity index is 1.62. The Bertz CT molecular complexity index is 1340. The van der Waals surface area contributed by atoms with Gasteiger partial charge in [0.15, 0.2) is 0 Å². The highest BCUT2D eigenvalue weighted by Crippen LogP contribution is 2.46. The molecule has 1 atom stereocenters. The quantitative estimate of drug-likeness (QED) is 0.251. The van der Waals surface area contributed by atoms with E-state index in [0.29, 0.717) is 13.2 Å². The first kappa shape index (κ1) is 23.4. The molecule has 0 unspecified atom stereocenters. The van der Waals surface area contributed by atoms with Gasteiger partial charge in [0.1, 0.15) is 0 Å². The average molecular weight is 467 g/mol. The van der Waals surface area contributed by atoms with Crippen molar-refractivity contribution in [1.29, 1.82) is 0 Å². The van der Waals surface area contributed by atoms with E-state index in [9.17, 15) is 4.79 Å². The number of unbranched alkanes of at least 4 members (excludes halogenated alkanes) is 1. The molecule has 0 saturated carbocycles. The van der Waals surface area contributed by atoms with Gasteiger partial charge >= 0.3 is 0 Å². The van der Waals surface area contributed by atoms with Crippen molar-refractivity contribution in [1.82, 2.24) is 9.47 Å². The van der Waals surface area contributed by atoms with Crippen LogP contribution in [-0.4, -0.2) is 35.1 Å². The zero-order valence-electron chi connectivity index (χ0n) is 21.0. The van der Waals surface area contributed by atoms with Crippen LogP contribution in [0.25, 0.3) is 22.2 Å². The second-order valence-corrected chi connectivity index (χ2v) is 9.51. The van der Waals surface area contributed by atoms with E-state index in [2.05, 4.69) is 85.0 Å². The number of para-hydroxylation sites is 1. The van der Waals surface area contributed by atoms with Gasteiger partial charge in [-0.05, 0) is 43.0 Å². The molecule has 3 aromatic carbocycles. The zero-order chi connectivity index (χ0) is 24.4. The van der Waals surface area contributed by atoms with Crippen molar-refractivity contribution in [2.45, 2.75) is 39.2 Å². The van der Waals surface area contributed by atoms with Crippen molar-refractivity contribution in [3.05, 3.63) is 95.1 Å². The smallest absolute Gasteiger partial charge is 0.255 e. The van der Waals surface area contributed by atoms with Crippen LogP contribution in [0.15, 0.2) is 72.8 Å². The third-order valence-electron chi connectivity index (χ3n) is 7.13.